The summed E-state index contributed by atoms with van der Waals surface area (Å²) >= 11 is 0. The van der Waals surface area contributed by atoms with Crippen molar-refractivity contribution >= 4 is 17.5 Å². The molecule has 0 aliphatic carbocycles. The number of carbonyl (C=O) groups is 2. The number of hydrogen-bond acceptors (Lipinski definition) is 2. The van der Waals surface area contributed by atoms with Gasteiger partial charge in [0.2, 0.25) is 11.8 Å². The van der Waals surface area contributed by atoms with Crippen LogP contribution in [0.3, 0.4) is 0 Å². The molecule has 0 bridgehead atoms. The number of carbonyl (C=O) groups excluding carboxylic acids is 2. The molecule has 0 unspecified atom stereocenters. The minimum absolute atomic E-state index is 0.0859. The monoisotopic (exact) mass is 282 g/mol. The van der Waals surface area contributed by atoms with Crippen molar-refractivity contribution < 1.29 is 9.59 Å². The van der Waals surface area contributed by atoms with Gasteiger partial charge < -0.3 is 11.1 Å². The summed E-state index contributed by atoms with van der Waals surface area (Å²) < 4.78 is 0. The summed E-state index contributed by atoms with van der Waals surface area (Å²) in [5, 5.41) is 2.77. The van der Waals surface area contributed by atoms with E-state index in [4.69, 9.17) is 5.73 Å². The van der Waals surface area contributed by atoms with Crippen LogP contribution in [-0.4, -0.2) is 11.8 Å². The molecule has 0 spiro atoms. The molecule has 4 nitrogen and oxygen atoms in total. The normalized spacial score (nSPS) is 10.1. The molecule has 0 atom stereocenters. The van der Waals surface area contributed by atoms with Gasteiger partial charge in [-0.25, -0.2) is 0 Å². The molecule has 0 aliphatic heterocycles. The van der Waals surface area contributed by atoms with Gasteiger partial charge in [0.05, 0.1) is 0 Å². The fourth-order valence-corrected chi connectivity index (χ4v) is 1.99. The molecule has 0 fully saturated rings. The van der Waals surface area contributed by atoms with Crippen LogP contribution in [0.1, 0.15) is 27.9 Å². The van der Waals surface area contributed by atoms with E-state index in [0.717, 1.165) is 5.56 Å². The van der Waals surface area contributed by atoms with Crippen LogP contribution in [0.4, 0.5) is 5.69 Å². The number of primary amides is 1. The summed E-state index contributed by atoms with van der Waals surface area (Å²) in [5.41, 5.74) is 8.50. The molecule has 2 rings (SSSR count). The van der Waals surface area contributed by atoms with Gasteiger partial charge >= 0.3 is 0 Å². The van der Waals surface area contributed by atoms with Crippen molar-refractivity contribution in [2.45, 2.75) is 19.8 Å². The largest absolute Gasteiger partial charge is 0.366 e. The molecule has 21 heavy (non-hydrogen) atoms. The number of benzene rings is 2. The lowest BCUT2D eigenvalue weighted by Gasteiger charge is -2.06. The van der Waals surface area contributed by atoms with Crippen LogP contribution < -0.4 is 11.1 Å². The Morgan fingerprint density at radius 3 is 2.48 bits per heavy atom. The van der Waals surface area contributed by atoms with Crippen LogP contribution >= 0.6 is 0 Å². The van der Waals surface area contributed by atoms with Gasteiger partial charge in [0, 0.05) is 17.7 Å². The number of amides is 2. The van der Waals surface area contributed by atoms with Crippen molar-refractivity contribution in [3.8, 4) is 0 Å². The van der Waals surface area contributed by atoms with E-state index < -0.39 is 5.91 Å². The Hall–Kier alpha value is -2.62. The van der Waals surface area contributed by atoms with Crippen molar-refractivity contribution in [2.75, 3.05) is 5.32 Å². The predicted molar refractivity (Wildman–Crippen MR) is 83.1 cm³/mol. The molecule has 4 heteroatoms. The second-order valence-electron chi connectivity index (χ2n) is 4.98. The molecular formula is C17H18N2O2. The third-order valence-corrected chi connectivity index (χ3v) is 3.19. The Bertz CT molecular complexity index is 648. The van der Waals surface area contributed by atoms with E-state index in [1.54, 1.807) is 24.3 Å². The first-order valence-electron chi connectivity index (χ1n) is 6.80. The molecular weight excluding hydrogens is 264 g/mol. The number of nitrogens with two attached hydrogens (primary N) is 1. The summed E-state index contributed by atoms with van der Waals surface area (Å²) in [4.78, 5) is 23.0. The first kappa shape index (κ1) is 14.8. The lowest BCUT2D eigenvalue weighted by molar-refractivity contribution is -0.116. The number of aryl methyl sites for hydroxylation is 2. The van der Waals surface area contributed by atoms with E-state index >= 15 is 0 Å². The van der Waals surface area contributed by atoms with E-state index in [1.165, 1.54) is 5.56 Å². The van der Waals surface area contributed by atoms with Crippen molar-refractivity contribution in [3.63, 3.8) is 0 Å². The lowest BCUT2D eigenvalue weighted by Crippen LogP contribution is -2.14. The van der Waals surface area contributed by atoms with Gasteiger partial charge in [0.25, 0.3) is 0 Å². The molecule has 0 saturated heterocycles. The van der Waals surface area contributed by atoms with E-state index in [-0.39, 0.29) is 5.91 Å². The van der Waals surface area contributed by atoms with Crippen LogP contribution in [0.2, 0.25) is 0 Å². The Morgan fingerprint density at radius 1 is 1.10 bits per heavy atom. The molecule has 0 aromatic heterocycles. The first-order valence-corrected chi connectivity index (χ1v) is 6.80. The average Bonchev–Trinajstić information content (AvgIpc) is 2.47. The predicted octanol–water partition coefficient (Wildman–Crippen LogP) is 2.67. The summed E-state index contributed by atoms with van der Waals surface area (Å²) in [6, 6.07) is 14.7. The standard InChI is InChI=1S/C17H18N2O2/c1-12-5-7-13(8-6-12)9-10-16(20)19-15-4-2-3-14(11-15)17(18)21/h2-8,11H,9-10H2,1H3,(H2,18,21)(H,19,20). The second kappa shape index (κ2) is 6.70. The maximum absolute atomic E-state index is 11.9. The van der Waals surface area contributed by atoms with Crippen LogP contribution in [-0.2, 0) is 11.2 Å². The van der Waals surface area contributed by atoms with Crippen LogP contribution in [0, 0.1) is 6.92 Å². The topological polar surface area (TPSA) is 72.2 Å². The number of hydrogen-bond donors (Lipinski definition) is 2. The molecule has 108 valence electrons. The number of rotatable bonds is 5. The van der Waals surface area contributed by atoms with Gasteiger partial charge in [-0.3, -0.25) is 9.59 Å². The SMILES string of the molecule is Cc1ccc(CCC(=O)Nc2cccc(C(N)=O)c2)cc1. The van der Waals surface area contributed by atoms with Gasteiger partial charge in [0.15, 0.2) is 0 Å². The van der Waals surface area contributed by atoms with Gasteiger partial charge in [-0.2, -0.15) is 0 Å². The molecule has 0 radical (unpaired) electrons. The number of anilines is 1. The zero-order valence-electron chi connectivity index (χ0n) is 11.9. The van der Waals surface area contributed by atoms with Crippen molar-refractivity contribution in [1.82, 2.24) is 0 Å². The summed E-state index contributed by atoms with van der Waals surface area (Å²) in [6.07, 6.45) is 1.07. The van der Waals surface area contributed by atoms with Gasteiger partial charge in [-0.15, -0.1) is 0 Å². The zero-order chi connectivity index (χ0) is 15.2. The van der Waals surface area contributed by atoms with Crippen molar-refractivity contribution in [3.05, 3.63) is 65.2 Å². The first-order chi connectivity index (χ1) is 10.0. The van der Waals surface area contributed by atoms with E-state index in [2.05, 4.69) is 5.32 Å². The minimum Gasteiger partial charge on any atom is -0.366 e. The quantitative estimate of drug-likeness (QED) is 0.885. The van der Waals surface area contributed by atoms with Crippen LogP contribution in [0.15, 0.2) is 48.5 Å². The molecule has 0 saturated carbocycles. The van der Waals surface area contributed by atoms with Gasteiger partial charge in [-0.1, -0.05) is 35.9 Å². The van der Waals surface area contributed by atoms with E-state index in [9.17, 15) is 9.59 Å². The van der Waals surface area contributed by atoms with Gasteiger partial charge in [0.1, 0.15) is 0 Å². The smallest absolute Gasteiger partial charge is 0.248 e. The molecule has 0 heterocycles. The summed E-state index contributed by atoms with van der Waals surface area (Å²) in [5.74, 6) is -0.594. The highest BCUT2D eigenvalue weighted by atomic mass is 16.2. The van der Waals surface area contributed by atoms with Crippen LogP contribution in [0.5, 0.6) is 0 Å². The maximum atomic E-state index is 11.9. The number of nitrogens with one attached hydrogen (secondary N) is 1. The highest BCUT2D eigenvalue weighted by Crippen LogP contribution is 2.12. The Kier molecular flexibility index (Phi) is 4.72. The fourth-order valence-electron chi connectivity index (χ4n) is 1.99. The van der Waals surface area contributed by atoms with Crippen molar-refractivity contribution in [2.24, 2.45) is 5.73 Å². The Labute approximate surface area is 124 Å². The van der Waals surface area contributed by atoms with Crippen LogP contribution in [0.25, 0.3) is 0 Å². The highest BCUT2D eigenvalue weighted by Gasteiger charge is 2.05. The maximum Gasteiger partial charge on any atom is 0.248 e. The Balaban J connectivity index is 1.91. The average molecular weight is 282 g/mol. The molecule has 2 aromatic rings. The summed E-state index contributed by atoms with van der Waals surface area (Å²) in [6.45, 7) is 2.03. The second-order valence-corrected chi connectivity index (χ2v) is 4.98. The molecule has 2 aromatic carbocycles. The lowest BCUT2D eigenvalue weighted by atomic mass is 10.1. The summed E-state index contributed by atoms with van der Waals surface area (Å²) in [7, 11) is 0. The van der Waals surface area contributed by atoms with E-state index in [1.807, 2.05) is 31.2 Å². The van der Waals surface area contributed by atoms with Crippen molar-refractivity contribution in [1.29, 1.82) is 0 Å². The zero-order valence-corrected chi connectivity index (χ0v) is 11.9. The van der Waals surface area contributed by atoms with E-state index in [0.29, 0.717) is 24.1 Å². The van der Waals surface area contributed by atoms with Gasteiger partial charge in [-0.05, 0) is 37.1 Å². The third-order valence-electron chi connectivity index (χ3n) is 3.19. The minimum atomic E-state index is -0.509. The highest BCUT2D eigenvalue weighted by molar-refractivity contribution is 5.96. The molecule has 0 aliphatic rings. The Morgan fingerprint density at radius 2 is 1.81 bits per heavy atom. The fraction of sp³-hybridized carbons (Fsp3) is 0.176. The molecule has 2 amide bonds. The third kappa shape index (κ3) is 4.45. The molecule has 3 N–H and O–H groups in total.